The van der Waals surface area contributed by atoms with E-state index in [0.717, 1.165) is 5.56 Å². The Hall–Kier alpha value is -2.37. The van der Waals surface area contributed by atoms with Gasteiger partial charge in [-0.3, -0.25) is 0 Å². The van der Waals surface area contributed by atoms with Crippen molar-refractivity contribution in [2.75, 3.05) is 0 Å². The molecular weight excluding hydrogens is 339 g/mol. The van der Waals surface area contributed by atoms with E-state index >= 15 is 0 Å². The van der Waals surface area contributed by atoms with Gasteiger partial charge in [-0.2, -0.15) is 0 Å². The fourth-order valence-corrected chi connectivity index (χ4v) is 3.29. The molecule has 0 bridgehead atoms. The van der Waals surface area contributed by atoms with Crippen LogP contribution in [0.2, 0.25) is 0 Å². The van der Waals surface area contributed by atoms with Crippen molar-refractivity contribution in [3.05, 3.63) is 70.8 Å². The minimum atomic E-state index is -4.75. The van der Waals surface area contributed by atoms with E-state index in [2.05, 4.69) is 11.3 Å². The largest absolute Gasteiger partial charge is 0.573 e. The van der Waals surface area contributed by atoms with Crippen molar-refractivity contribution in [2.24, 2.45) is 0 Å². The Morgan fingerprint density at radius 2 is 1.72 bits per heavy atom. The maximum Gasteiger partial charge on any atom is 0.573 e. The van der Waals surface area contributed by atoms with Crippen LogP contribution in [0.5, 0.6) is 5.75 Å². The average molecular weight is 354 g/mol. The molecule has 0 spiro atoms. The lowest BCUT2D eigenvalue weighted by Crippen LogP contribution is -2.19. The van der Waals surface area contributed by atoms with Gasteiger partial charge in [0.15, 0.2) is 0 Å². The number of alkyl halides is 3. The summed E-state index contributed by atoms with van der Waals surface area (Å²) in [4.78, 5) is 0. The highest BCUT2D eigenvalue weighted by Gasteiger charge is 2.32. The molecule has 3 rings (SSSR count). The summed E-state index contributed by atoms with van der Waals surface area (Å²) in [5, 5.41) is 0. The van der Waals surface area contributed by atoms with Crippen LogP contribution in [0.15, 0.2) is 36.9 Å². The van der Waals surface area contributed by atoms with Crippen LogP contribution in [-0.2, 0) is 12.8 Å². The number of ether oxygens (including phenoxy) is 1. The smallest absolute Gasteiger partial charge is 0.406 e. The predicted molar refractivity (Wildman–Crippen MR) is 84.3 cm³/mol. The van der Waals surface area contributed by atoms with Crippen LogP contribution in [0.25, 0.3) is 6.08 Å². The van der Waals surface area contributed by atoms with Gasteiger partial charge in [0.2, 0.25) is 0 Å². The second-order valence-electron chi connectivity index (χ2n) is 6.02. The van der Waals surface area contributed by atoms with Gasteiger partial charge in [0.05, 0.1) is 0 Å². The summed E-state index contributed by atoms with van der Waals surface area (Å²) in [5.41, 5.74) is 1.87. The van der Waals surface area contributed by atoms with E-state index in [1.54, 1.807) is 0 Å². The van der Waals surface area contributed by atoms with E-state index in [0.29, 0.717) is 30.4 Å². The Morgan fingerprint density at radius 1 is 1.04 bits per heavy atom. The number of fused-ring (bicyclic) bond motifs is 1. The normalized spacial score (nSPS) is 17.1. The van der Waals surface area contributed by atoms with Gasteiger partial charge in [0.25, 0.3) is 0 Å². The van der Waals surface area contributed by atoms with Crippen molar-refractivity contribution < 1.29 is 26.7 Å². The molecule has 0 radical (unpaired) electrons. The summed E-state index contributed by atoms with van der Waals surface area (Å²) < 4.78 is 69.3. The first kappa shape index (κ1) is 17.5. The first-order valence-corrected chi connectivity index (χ1v) is 7.76. The van der Waals surface area contributed by atoms with Gasteiger partial charge < -0.3 is 4.74 Å². The lowest BCUT2D eigenvalue weighted by molar-refractivity contribution is -0.274. The van der Waals surface area contributed by atoms with Crippen LogP contribution in [0, 0.1) is 11.6 Å². The van der Waals surface area contributed by atoms with Crippen molar-refractivity contribution >= 4 is 6.08 Å². The number of hydrogen-bond donors (Lipinski definition) is 0. The molecule has 0 N–H and O–H groups in total. The quantitative estimate of drug-likeness (QED) is 0.635. The summed E-state index contributed by atoms with van der Waals surface area (Å²) in [6, 6.07) is 6.56. The first-order valence-electron chi connectivity index (χ1n) is 7.76. The van der Waals surface area contributed by atoms with Crippen LogP contribution in [-0.4, -0.2) is 6.36 Å². The minimum Gasteiger partial charge on any atom is -0.406 e. The Kier molecular flexibility index (Phi) is 4.54. The van der Waals surface area contributed by atoms with E-state index in [9.17, 15) is 22.0 Å². The average Bonchev–Trinajstić information content (AvgIpc) is 2.52. The third-order valence-electron chi connectivity index (χ3n) is 4.39. The molecule has 0 saturated heterocycles. The van der Waals surface area contributed by atoms with Crippen LogP contribution < -0.4 is 4.74 Å². The predicted octanol–water partition coefficient (Wildman–Crippen LogP) is 5.78. The highest BCUT2D eigenvalue weighted by molar-refractivity contribution is 5.49. The summed E-state index contributed by atoms with van der Waals surface area (Å²) >= 11 is 0. The number of benzene rings is 2. The molecule has 1 nitrogen and oxygen atoms in total. The van der Waals surface area contributed by atoms with Gasteiger partial charge in [0, 0.05) is 5.56 Å². The van der Waals surface area contributed by atoms with Crippen LogP contribution in [0.4, 0.5) is 22.0 Å². The minimum absolute atomic E-state index is 0.0202. The maximum absolute atomic E-state index is 14.3. The van der Waals surface area contributed by atoms with Crippen molar-refractivity contribution in [3.63, 3.8) is 0 Å². The van der Waals surface area contributed by atoms with Gasteiger partial charge in [-0.05, 0) is 66.1 Å². The monoisotopic (exact) mass is 354 g/mol. The van der Waals surface area contributed by atoms with Gasteiger partial charge in [-0.15, -0.1) is 13.2 Å². The molecule has 2 aromatic rings. The molecule has 0 fully saturated rings. The molecule has 1 atom stereocenters. The number of rotatable bonds is 3. The molecule has 132 valence electrons. The highest BCUT2D eigenvalue weighted by atomic mass is 19.4. The number of halogens is 5. The summed E-state index contributed by atoms with van der Waals surface area (Å²) in [6.07, 6.45) is -2.14. The zero-order chi connectivity index (χ0) is 18.2. The van der Waals surface area contributed by atoms with E-state index < -0.39 is 18.0 Å². The molecule has 0 aromatic heterocycles. The molecule has 1 unspecified atom stereocenters. The Bertz CT molecular complexity index is 787. The number of aryl methyl sites for hydroxylation is 1. The van der Waals surface area contributed by atoms with Gasteiger partial charge in [-0.25, -0.2) is 8.78 Å². The molecule has 0 saturated carbocycles. The topological polar surface area (TPSA) is 9.23 Å². The van der Waals surface area contributed by atoms with E-state index in [1.165, 1.54) is 36.4 Å². The van der Waals surface area contributed by atoms with Crippen LogP contribution >= 0.6 is 0 Å². The molecule has 6 heteroatoms. The van der Waals surface area contributed by atoms with Gasteiger partial charge in [-0.1, -0.05) is 18.7 Å². The summed E-state index contributed by atoms with van der Waals surface area (Å²) in [7, 11) is 0. The van der Waals surface area contributed by atoms with Crippen molar-refractivity contribution in [1.29, 1.82) is 0 Å². The molecule has 0 heterocycles. The lowest BCUT2D eigenvalue weighted by atomic mass is 9.79. The second-order valence-corrected chi connectivity index (χ2v) is 6.02. The Morgan fingerprint density at radius 3 is 2.32 bits per heavy atom. The first-order chi connectivity index (χ1) is 11.8. The molecule has 1 aliphatic carbocycles. The van der Waals surface area contributed by atoms with Crippen molar-refractivity contribution in [2.45, 2.75) is 31.5 Å². The fraction of sp³-hybridized carbons (Fsp3) is 0.263. The van der Waals surface area contributed by atoms with Gasteiger partial charge >= 0.3 is 6.36 Å². The number of hydrogen-bond acceptors (Lipinski definition) is 1. The Labute approximate surface area is 141 Å². The van der Waals surface area contributed by atoms with Crippen LogP contribution in [0.1, 0.15) is 34.6 Å². The molecule has 2 aromatic carbocycles. The van der Waals surface area contributed by atoms with Crippen molar-refractivity contribution in [3.8, 4) is 5.75 Å². The Balaban J connectivity index is 1.86. The van der Waals surface area contributed by atoms with Crippen LogP contribution in [0.3, 0.4) is 0 Å². The maximum atomic E-state index is 14.3. The fourth-order valence-electron chi connectivity index (χ4n) is 3.29. The molecule has 25 heavy (non-hydrogen) atoms. The second kappa shape index (κ2) is 6.50. The van der Waals surface area contributed by atoms with Crippen molar-refractivity contribution in [1.82, 2.24) is 0 Å². The lowest BCUT2D eigenvalue weighted by Gasteiger charge is -2.26. The third-order valence-corrected chi connectivity index (χ3v) is 4.39. The molecule has 1 aliphatic rings. The molecule has 0 aliphatic heterocycles. The SMILES string of the molecule is C=Cc1cc(F)c(C2CCc3cc(OC(F)(F)F)ccc3C2)c(F)c1. The third kappa shape index (κ3) is 3.83. The van der Waals surface area contributed by atoms with Gasteiger partial charge in [0.1, 0.15) is 17.4 Å². The van der Waals surface area contributed by atoms with E-state index in [-0.39, 0.29) is 17.2 Å². The zero-order valence-corrected chi connectivity index (χ0v) is 13.2. The van der Waals surface area contributed by atoms with E-state index in [4.69, 9.17) is 0 Å². The highest BCUT2D eigenvalue weighted by Crippen LogP contribution is 2.37. The zero-order valence-electron chi connectivity index (χ0n) is 13.2. The summed E-state index contributed by atoms with van der Waals surface area (Å²) in [6.45, 7) is 3.49. The molecular formula is C19H15F5O. The van der Waals surface area contributed by atoms with E-state index in [1.807, 2.05) is 0 Å². The standard InChI is InChI=1S/C19H15F5O/c1-2-11-7-16(20)18(17(21)8-11)14-4-3-13-10-15(25-19(22,23)24)6-5-12(13)9-14/h2,5-8,10,14H,1,3-4,9H2. The summed E-state index contributed by atoms with van der Waals surface area (Å²) in [5.74, 6) is -1.89. The molecule has 0 amide bonds.